The van der Waals surface area contributed by atoms with E-state index in [-0.39, 0.29) is 0 Å². The Balaban J connectivity index is 3.56. The summed E-state index contributed by atoms with van der Waals surface area (Å²) >= 11 is 0. The molecule has 0 bridgehead atoms. The first-order valence-corrected chi connectivity index (χ1v) is 5.32. The van der Waals surface area contributed by atoms with Crippen molar-refractivity contribution in [1.82, 2.24) is 0 Å². The zero-order valence-corrected chi connectivity index (χ0v) is 8.15. The number of halogens is 10. The van der Waals surface area contributed by atoms with E-state index in [0.29, 0.717) is 0 Å². The Bertz CT molecular complexity index is 308. The molecule has 1 aliphatic heterocycles. The Morgan fingerprint density at radius 2 is 1.18 bits per heavy atom. The Labute approximate surface area is 86.9 Å². The van der Waals surface area contributed by atoms with Crippen LogP contribution in [0.4, 0.5) is 43.7 Å². The second kappa shape index (κ2) is 3.17. The van der Waals surface area contributed by atoms with Crippen LogP contribution in [0.25, 0.3) is 0 Å². The molecule has 0 saturated carbocycles. The van der Waals surface area contributed by atoms with Crippen molar-refractivity contribution < 1.29 is 48.6 Å². The van der Waals surface area contributed by atoms with Gasteiger partial charge in [-0.2, -0.15) is 39.3 Å². The van der Waals surface area contributed by atoms with E-state index in [2.05, 4.69) is 0 Å². The predicted octanol–water partition coefficient (Wildman–Crippen LogP) is 3.60. The molecule has 1 nitrogen and oxygen atoms in total. The topological polar surface area (TPSA) is 20.2 Å². The van der Waals surface area contributed by atoms with E-state index < -0.39 is 37.1 Å². The fraction of sp³-hybridized carbons (Fsp3) is 1.00. The average Bonchev–Trinajstić information content (AvgIpc) is 2.13. The van der Waals surface area contributed by atoms with Gasteiger partial charge in [-0.3, -0.25) is 0 Å². The van der Waals surface area contributed by atoms with Crippen molar-refractivity contribution in [2.75, 3.05) is 0 Å². The van der Waals surface area contributed by atoms with Crippen LogP contribution in [0.5, 0.6) is 0 Å². The van der Waals surface area contributed by atoms with Gasteiger partial charge in [0.25, 0.3) is 7.80 Å². The van der Waals surface area contributed by atoms with Gasteiger partial charge in [-0.25, -0.2) is 4.39 Å². The van der Waals surface area contributed by atoms with Crippen LogP contribution >= 0.6 is 7.80 Å². The molecule has 1 fully saturated rings. The molecular weight excluding hydrogens is 297 g/mol. The minimum absolute atomic E-state index is 5.10. The number of rotatable bonds is 0. The van der Waals surface area contributed by atoms with Gasteiger partial charge in [-0.15, -0.1) is 0 Å². The number of hydrogen-bond acceptors (Lipinski definition) is 1. The summed E-state index contributed by atoms with van der Waals surface area (Å²) in [7, 11) is -7.43. The van der Waals surface area contributed by atoms with E-state index in [1.54, 1.807) is 0 Å². The molecular formula is C5H2F10OP. The molecule has 0 aromatic carbocycles. The van der Waals surface area contributed by atoms with Crippen molar-refractivity contribution in [2.24, 2.45) is 0 Å². The van der Waals surface area contributed by atoms with E-state index >= 15 is 0 Å². The van der Waals surface area contributed by atoms with Crippen LogP contribution in [-0.4, -0.2) is 34.2 Å². The highest BCUT2D eigenvalue weighted by atomic mass is 31.2. The standard InChI is InChI=1S/C5H2F10OP/c6-1-2(7,8)3(9,10)4(11,12)5(13,14)17(1,15)16/h1,16H. The SMILES string of the molecule is O[P]1(F)C(F)C(F)(F)C(F)(F)C(F)(F)C1(F)F. The maximum atomic E-state index is 12.6. The number of hydrogen-bond donors (Lipinski definition) is 1. The first kappa shape index (κ1) is 14.7. The number of alkyl halides is 9. The van der Waals surface area contributed by atoms with Crippen LogP contribution < -0.4 is 0 Å². The Morgan fingerprint density at radius 3 is 1.53 bits per heavy atom. The van der Waals surface area contributed by atoms with E-state index in [1.165, 1.54) is 0 Å². The van der Waals surface area contributed by atoms with Gasteiger partial charge >= 0.3 is 23.4 Å². The van der Waals surface area contributed by atoms with E-state index in [9.17, 15) is 43.7 Å². The van der Waals surface area contributed by atoms with Crippen LogP contribution in [0.3, 0.4) is 0 Å². The molecule has 0 aromatic heterocycles. The lowest BCUT2D eigenvalue weighted by atomic mass is 10.0. The van der Waals surface area contributed by atoms with Crippen molar-refractivity contribution in [2.45, 2.75) is 29.3 Å². The van der Waals surface area contributed by atoms with Gasteiger partial charge in [0.2, 0.25) is 5.91 Å². The van der Waals surface area contributed by atoms with Crippen LogP contribution in [-0.2, 0) is 0 Å². The zero-order valence-electron chi connectivity index (χ0n) is 7.25. The first-order chi connectivity index (χ1) is 7.15. The molecule has 1 aliphatic rings. The summed E-state index contributed by atoms with van der Waals surface area (Å²) in [5.74, 6) is -25.3. The molecule has 0 aliphatic carbocycles. The Morgan fingerprint density at radius 1 is 0.824 bits per heavy atom. The normalized spacial score (nSPS) is 42.2. The van der Waals surface area contributed by atoms with Crippen molar-refractivity contribution >= 4 is 7.80 Å². The van der Waals surface area contributed by atoms with Gasteiger partial charge in [0.1, 0.15) is 0 Å². The molecule has 103 valence electrons. The third kappa shape index (κ3) is 1.29. The summed E-state index contributed by atoms with van der Waals surface area (Å²) in [5, 5.41) is 0. The Kier molecular flexibility index (Phi) is 2.75. The molecule has 17 heavy (non-hydrogen) atoms. The fourth-order valence-electron chi connectivity index (χ4n) is 1.10. The second-order valence-corrected chi connectivity index (χ2v) is 5.47. The summed E-state index contributed by atoms with van der Waals surface area (Å²) in [6, 6.07) is 0. The monoisotopic (exact) mass is 299 g/mol. The van der Waals surface area contributed by atoms with Gasteiger partial charge in [0, 0.05) is 0 Å². The lowest BCUT2D eigenvalue weighted by molar-refractivity contribution is -0.368. The molecule has 1 N–H and O–H groups in total. The molecule has 12 heteroatoms. The summed E-state index contributed by atoms with van der Waals surface area (Å²) < 4.78 is 124. The maximum Gasteiger partial charge on any atom is 0.387 e. The van der Waals surface area contributed by atoms with Gasteiger partial charge in [0.05, 0.1) is 0 Å². The van der Waals surface area contributed by atoms with Crippen molar-refractivity contribution in [3.63, 3.8) is 0 Å². The molecule has 0 aromatic rings. The fourth-order valence-corrected chi connectivity index (χ4v) is 2.51. The quantitative estimate of drug-likeness (QED) is 0.535. The third-order valence-corrected chi connectivity index (χ3v) is 4.18. The average molecular weight is 299 g/mol. The van der Waals surface area contributed by atoms with Gasteiger partial charge in [0.15, 0.2) is 0 Å². The van der Waals surface area contributed by atoms with Crippen molar-refractivity contribution in [3.8, 4) is 0 Å². The molecule has 0 spiro atoms. The molecule has 1 radical (unpaired) electrons. The van der Waals surface area contributed by atoms with E-state index in [4.69, 9.17) is 4.89 Å². The molecule has 1 saturated heterocycles. The minimum Gasteiger partial charge on any atom is -0.346 e. The molecule has 2 atom stereocenters. The third-order valence-electron chi connectivity index (χ3n) is 2.18. The lowest BCUT2D eigenvalue weighted by Crippen LogP contribution is -2.70. The summed E-state index contributed by atoms with van der Waals surface area (Å²) in [5.41, 5.74) is -6.61. The largest absolute Gasteiger partial charge is 0.387 e. The first-order valence-electron chi connectivity index (χ1n) is 3.62. The van der Waals surface area contributed by atoms with Gasteiger partial charge in [-0.1, -0.05) is 0 Å². The smallest absolute Gasteiger partial charge is 0.346 e. The highest BCUT2D eigenvalue weighted by Crippen LogP contribution is 2.84. The summed E-state index contributed by atoms with van der Waals surface area (Å²) in [6.45, 7) is 0. The van der Waals surface area contributed by atoms with Gasteiger partial charge in [-0.05, 0) is 0 Å². The molecule has 0 amide bonds. The van der Waals surface area contributed by atoms with Crippen LogP contribution in [0.1, 0.15) is 0 Å². The molecule has 2 unspecified atom stereocenters. The van der Waals surface area contributed by atoms with E-state index in [1.807, 2.05) is 0 Å². The molecule has 1 rings (SSSR count). The van der Waals surface area contributed by atoms with Crippen molar-refractivity contribution in [3.05, 3.63) is 0 Å². The summed E-state index contributed by atoms with van der Waals surface area (Å²) in [6.07, 6.45) is 0. The second-order valence-electron chi connectivity index (χ2n) is 3.25. The highest BCUT2D eigenvalue weighted by molar-refractivity contribution is 7.67. The Hall–Kier alpha value is -0.310. The maximum absolute atomic E-state index is 12.6. The minimum atomic E-state index is -7.43. The predicted molar refractivity (Wildman–Crippen MR) is 34.9 cm³/mol. The lowest BCUT2D eigenvalue weighted by Gasteiger charge is -2.48. The summed E-state index contributed by atoms with van der Waals surface area (Å²) in [4.78, 5) is 8.10. The van der Waals surface area contributed by atoms with E-state index in [0.717, 1.165) is 0 Å². The van der Waals surface area contributed by atoms with Gasteiger partial charge < -0.3 is 4.89 Å². The van der Waals surface area contributed by atoms with Crippen LogP contribution in [0.15, 0.2) is 0 Å². The van der Waals surface area contributed by atoms with Crippen LogP contribution in [0, 0.1) is 0 Å². The molecule has 1 heterocycles. The van der Waals surface area contributed by atoms with Crippen molar-refractivity contribution in [1.29, 1.82) is 0 Å². The van der Waals surface area contributed by atoms with Crippen LogP contribution in [0.2, 0.25) is 0 Å². The highest BCUT2D eigenvalue weighted by Gasteiger charge is 2.94. The zero-order chi connectivity index (χ0) is 14.1.